The molecule has 0 radical (unpaired) electrons. The minimum Gasteiger partial charge on any atom is -0.470 e. The third-order valence-corrected chi connectivity index (χ3v) is 6.36. The van der Waals surface area contributed by atoms with Crippen molar-refractivity contribution in [1.29, 1.82) is 0 Å². The molecule has 1 saturated heterocycles. The molecule has 0 spiro atoms. The number of anilines is 3. The Morgan fingerprint density at radius 3 is 2.45 bits per heavy atom. The average Bonchev–Trinajstić information content (AvgIpc) is 2.90. The summed E-state index contributed by atoms with van der Waals surface area (Å²) < 4.78 is 45.4. The van der Waals surface area contributed by atoms with Crippen molar-refractivity contribution >= 4 is 36.1 Å². The van der Waals surface area contributed by atoms with E-state index < -0.39 is 13.0 Å². The Balaban J connectivity index is 1.81. The maximum atomic E-state index is 15.4. The molecule has 38 heavy (non-hydrogen) atoms. The number of carbonyl (C=O) groups excluding carboxylic acids is 1. The second-order valence-corrected chi connectivity index (χ2v) is 9.27. The number of benzene rings is 1. The van der Waals surface area contributed by atoms with E-state index in [2.05, 4.69) is 40.7 Å². The summed E-state index contributed by atoms with van der Waals surface area (Å²) in [4.78, 5) is 23.6. The predicted molar refractivity (Wildman–Crippen MR) is 144 cm³/mol. The number of carbonyl (C=O) groups is 1. The number of amides is 1. The van der Waals surface area contributed by atoms with E-state index in [1.54, 1.807) is 37.2 Å². The quantitative estimate of drug-likeness (QED) is 0.190. The number of halogens is 3. The predicted octanol–water partition coefficient (Wildman–Crippen LogP) is 3.62. The first kappa shape index (κ1) is 28.9. The Hall–Kier alpha value is -3.67. The summed E-state index contributed by atoms with van der Waals surface area (Å²) in [5.74, 6) is -0.486. The van der Waals surface area contributed by atoms with E-state index in [9.17, 15) is 13.6 Å². The van der Waals surface area contributed by atoms with Gasteiger partial charge >= 0.3 is 0 Å². The highest BCUT2D eigenvalue weighted by atomic mass is 19.3. The molecule has 0 bridgehead atoms. The molecule has 0 aliphatic carbocycles. The monoisotopic (exact) mass is 533 g/mol. The van der Waals surface area contributed by atoms with Gasteiger partial charge in [-0.15, -0.1) is 5.10 Å². The Morgan fingerprint density at radius 2 is 1.89 bits per heavy atom. The minimum atomic E-state index is -2.67. The van der Waals surface area contributed by atoms with Gasteiger partial charge in [0.2, 0.25) is 12.3 Å². The van der Waals surface area contributed by atoms with Crippen LogP contribution in [0.25, 0.3) is 0 Å². The van der Waals surface area contributed by atoms with Gasteiger partial charge in [0, 0.05) is 65.3 Å². The summed E-state index contributed by atoms with van der Waals surface area (Å²) >= 11 is 0. The fourth-order valence-electron chi connectivity index (χ4n) is 4.26. The Labute approximate surface area is 221 Å². The van der Waals surface area contributed by atoms with Gasteiger partial charge in [-0.25, -0.2) is 13.2 Å². The van der Waals surface area contributed by atoms with Crippen LogP contribution >= 0.6 is 0 Å². The second kappa shape index (κ2) is 13.2. The van der Waals surface area contributed by atoms with Crippen LogP contribution < -0.4 is 14.7 Å². The number of piperazine rings is 1. The van der Waals surface area contributed by atoms with Gasteiger partial charge in [0.05, 0.1) is 34.9 Å². The minimum absolute atomic E-state index is 0.116. The van der Waals surface area contributed by atoms with Gasteiger partial charge < -0.3 is 19.4 Å². The van der Waals surface area contributed by atoms with Crippen LogP contribution in [0.3, 0.4) is 0 Å². The van der Waals surface area contributed by atoms with E-state index in [0.717, 1.165) is 13.1 Å². The molecule has 1 aliphatic heterocycles. The molecule has 12 heteroatoms. The van der Waals surface area contributed by atoms with E-state index in [1.807, 2.05) is 4.90 Å². The van der Waals surface area contributed by atoms with Crippen molar-refractivity contribution in [2.45, 2.75) is 32.9 Å². The van der Waals surface area contributed by atoms with Crippen LogP contribution in [0, 0.1) is 5.82 Å². The standard InChI is InChI=1S/C26H34F3N7O2/c1-18(2)35-8-10-36(11-9-35)22-13-24(34(5)17-37)23(12-21(22)27)33(4)15-20-7-6-19(14-31-20)26(32-30-3)38-16-25(28)29/h6-7,12-14,17-18,25H,3,8-11,15-16H2,1-2,4-5H3/b32-26-. The molecule has 0 N–H and O–H groups in total. The molecule has 2 aromatic rings. The van der Waals surface area contributed by atoms with E-state index in [0.29, 0.717) is 53.9 Å². The zero-order valence-electron chi connectivity index (χ0n) is 22.1. The molecule has 2 heterocycles. The third-order valence-electron chi connectivity index (χ3n) is 6.36. The highest BCUT2D eigenvalue weighted by Gasteiger charge is 2.24. The lowest BCUT2D eigenvalue weighted by Gasteiger charge is -2.38. The van der Waals surface area contributed by atoms with Crippen molar-refractivity contribution in [3.8, 4) is 0 Å². The highest BCUT2D eigenvalue weighted by molar-refractivity contribution is 5.93. The smallest absolute Gasteiger partial charge is 0.272 e. The first-order valence-electron chi connectivity index (χ1n) is 12.3. The van der Waals surface area contributed by atoms with Gasteiger partial charge in [-0.1, -0.05) is 0 Å². The van der Waals surface area contributed by atoms with Crippen molar-refractivity contribution < 1.29 is 22.7 Å². The molecular weight excluding hydrogens is 499 g/mol. The van der Waals surface area contributed by atoms with Crippen molar-refractivity contribution in [3.63, 3.8) is 0 Å². The summed E-state index contributed by atoms with van der Waals surface area (Å²) in [7, 11) is 3.40. The van der Waals surface area contributed by atoms with Gasteiger partial charge in [0.1, 0.15) is 5.82 Å². The van der Waals surface area contributed by atoms with Crippen molar-refractivity contribution in [1.82, 2.24) is 9.88 Å². The van der Waals surface area contributed by atoms with Gasteiger partial charge in [0.15, 0.2) is 6.61 Å². The van der Waals surface area contributed by atoms with Crippen molar-refractivity contribution in [2.75, 3.05) is 61.6 Å². The number of pyridine rings is 1. The molecule has 3 rings (SSSR count). The summed E-state index contributed by atoms with van der Waals surface area (Å²) in [6, 6.07) is 6.87. The first-order chi connectivity index (χ1) is 18.1. The molecular formula is C26H34F3N7O2. The molecule has 9 nitrogen and oxygen atoms in total. The van der Waals surface area contributed by atoms with Crippen LogP contribution in [0.5, 0.6) is 0 Å². The van der Waals surface area contributed by atoms with Gasteiger partial charge in [-0.05, 0) is 32.0 Å². The Kier molecular flexibility index (Phi) is 10.1. The van der Waals surface area contributed by atoms with Crippen LogP contribution in [0.1, 0.15) is 25.1 Å². The third kappa shape index (κ3) is 7.21. The van der Waals surface area contributed by atoms with Gasteiger partial charge in [-0.3, -0.25) is 14.7 Å². The number of nitrogens with zero attached hydrogens (tertiary/aromatic N) is 7. The number of aromatic nitrogens is 1. The summed E-state index contributed by atoms with van der Waals surface area (Å²) in [6.07, 6.45) is -0.551. The zero-order valence-corrected chi connectivity index (χ0v) is 22.1. The van der Waals surface area contributed by atoms with Crippen molar-refractivity contribution in [2.24, 2.45) is 10.2 Å². The van der Waals surface area contributed by atoms with Crippen LogP contribution in [0.2, 0.25) is 0 Å². The number of rotatable bonds is 11. The topological polar surface area (TPSA) is 76.9 Å². The van der Waals surface area contributed by atoms with Crippen LogP contribution in [-0.4, -0.2) is 88.3 Å². The summed E-state index contributed by atoms with van der Waals surface area (Å²) in [5, 5.41) is 7.00. The van der Waals surface area contributed by atoms with E-state index in [1.165, 1.54) is 17.2 Å². The molecule has 206 valence electrons. The van der Waals surface area contributed by atoms with Crippen molar-refractivity contribution in [3.05, 3.63) is 47.5 Å². The number of ether oxygens (including phenoxy) is 1. The molecule has 1 aromatic carbocycles. The lowest BCUT2D eigenvalue weighted by atomic mass is 10.1. The summed E-state index contributed by atoms with van der Waals surface area (Å²) in [6.45, 7) is 10.0. The number of hydrogen-bond acceptors (Lipinski definition) is 8. The fourth-order valence-corrected chi connectivity index (χ4v) is 4.26. The molecule has 1 aromatic heterocycles. The molecule has 0 atom stereocenters. The first-order valence-corrected chi connectivity index (χ1v) is 12.3. The molecule has 0 saturated carbocycles. The van der Waals surface area contributed by atoms with E-state index in [-0.39, 0.29) is 18.3 Å². The molecule has 0 unspecified atom stereocenters. The maximum Gasteiger partial charge on any atom is 0.272 e. The SMILES string of the molecule is C=N/N=C(\OCC(F)F)c1ccc(CN(C)c2cc(F)c(N3CCN(C(C)C)CC3)cc2N(C)C=O)nc1. The lowest BCUT2D eigenvalue weighted by Crippen LogP contribution is -2.49. The molecule has 1 amide bonds. The number of hydrogen-bond donors (Lipinski definition) is 0. The van der Waals surface area contributed by atoms with Gasteiger partial charge in [-0.2, -0.15) is 5.10 Å². The normalized spacial score (nSPS) is 14.7. The summed E-state index contributed by atoms with van der Waals surface area (Å²) in [5.41, 5.74) is 2.52. The van der Waals surface area contributed by atoms with Gasteiger partial charge in [0.25, 0.3) is 6.43 Å². The highest BCUT2D eigenvalue weighted by Crippen LogP contribution is 2.35. The number of alkyl halides is 2. The van der Waals surface area contributed by atoms with E-state index >= 15 is 4.39 Å². The average molecular weight is 534 g/mol. The zero-order chi connectivity index (χ0) is 27.8. The molecule has 1 aliphatic rings. The maximum absolute atomic E-state index is 15.4. The molecule has 1 fully saturated rings. The Morgan fingerprint density at radius 1 is 1.18 bits per heavy atom. The van der Waals surface area contributed by atoms with Crippen LogP contribution in [0.15, 0.2) is 40.7 Å². The lowest BCUT2D eigenvalue weighted by molar-refractivity contribution is -0.107. The fraction of sp³-hybridized carbons (Fsp3) is 0.462. The largest absolute Gasteiger partial charge is 0.470 e. The second-order valence-electron chi connectivity index (χ2n) is 9.27. The Bertz CT molecular complexity index is 1120. The van der Waals surface area contributed by atoms with Crippen LogP contribution in [0.4, 0.5) is 30.2 Å². The van der Waals surface area contributed by atoms with Crippen LogP contribution in [-0.2, 0) is 16.1 Å². The van der Waals surface area contributed by atoms with E-state index in [4.69, 9.17) is 4.74 Å².